The van der Waals surface area contributed by atoms with Gasteiger partial charge in [-0.15, -0.1) is 10.2 Å². The van der Waals surface area contributed by atoms with E-state index < -0.39 is 0 Å². The van der Waals surface area contributed by atoms with Gasteiger partial charge in [0.25, 0.3) is 0 Å². The number of hydrogen-bond donors (Lipinski definition) is 1. The van der Waals surface area contributed by atoms with Gasteiger partial charge in [0.05, 0.1) is 5.75 Å². The number of nitrogens with one attached hydrogen (secondary N) is 1. The second-order valence-corrected chi connectivity index (χ2v) is 4.40. The molecular formula is C8H11N3OS2. The van der Waals surface area contributed by atoms with Crippen LogP contribution in [0.25, 0.3) is 0 Å². The molecule has 0 saturated heterocycles. The molecule has 1 aromatic rings. The number of anilines is 1. The smallest absolute Gasteiger partial charge is 0.206 e. The molecule has 6 heteroatoms. The third-order valence-electron chi connectivity index (χ3n) is 1.23. The minimum absolute atomic E-state index is 0.485. The molecule has 0 spiro atoms. The number of ether oxygens (including phenoxy) is 1. The van der Waals surface area contributed by atoms with Gasteiger partial charge in [-0.3, -0.25) is 0 Å². The number of hydrogen-bond acceptors (Lipinski definition) is 6. The third-order valence-corrected chi connectivity index (χ3v) is 3.19. The van der Waals surface area contributed by atoms with Gasteiger partial charge in [-0.2, -0.15) is 0 Å². The fourth-order valence-electron chi connectivity index (χ4n) is 0.641. The predicted octanol–water partition coefficient (Wildman–Crippen LogP) is 1.32. The fraction of sp³-hybridized carbons (Fsp3) is 0.500. The van der Waals surface area contributed by atoms with Gasteiger partial charge in [-0.1, -0.05) is 34.9 Å². The second kappa shape index (κ2) is 6.65. The van der Waals surface area contributed by atoms with Crippen molar-refractivity contribution in [3.63, 3.8) is 0 Å². The Bertz CT molecular complexity index is 329. The number of thioether (sulfide) groups is 1. The van der Waals surface area contributed by atoms with Crippen LogP contribution < -0.4 is 5.32 Å². The lowest BCUT2D eigenvalue weighted by Gasteiger charge is -1.87. The Morgan fingerprint density at radius 2 is 2.36 bits per heavy atom. The first-order valence-corrected chi connectivity index (χ1v) is 5.75. The molecule has 1 heterocycles. The van der Waals surface area contributed by atoms with Gasteiger partial charge in [0.2, 0.25) is 5.13 Å². The van der Waals surface area contributed by atoms with Crippen molar-refractivity contribution < 1.29 is 4.74 Å². The molecule has 1 rings (SSSR count). The normalized spacial score (nSPS) is 9.29. The van der Waals surface area contributed by atoms with Crippen molar-refractivity contribution in [2.24, 2.45) is 0 Å². The van der Waals surface area contributed by atoms with Crippen LogP contribution in [0.1, 0.15) is 0 Å². The standard InChI is InChI=1S/C8H11N3OS2/c1-9-7-10-11-8(14-7)13-6-4-3-5-12-2/h5-6H2,1-2H3,(H,9,10). The van der Waals surface area contributed by atoms with Crippen LogP contribution in [0.15, 0.2) is 4.34 Å². The van der Waals surface area contributed by atoms with Crippen molar-refractivity contribution in [2.45, 2.75) is 4.34 Å². The van der Waals surface area contributed by atoms with E-state index in [9.17, 15) is 0 Å². The molecule has 0 saturated carbocycles. The first-order chi connectivity index (χ1) is 6.86. The van der Waals surface area contributed by atoms with Crippen molar-refractivity contribution >= 4 is 28.2 Å². The van der Waals surface area contributed by atoms with Gasteiger partial charge in [-0.25, -0.2) is 0 Å². The van der Waals surface area contributed by atoms with Crippen molar-refractivity contribution in [3.05, 3.63) is 0 Å². The van der Waals surface area contributed by atoms with Crippen LogP contribution in [0.2, 0.25) is 0 Å². The predicted molar refractivity (Wildman–Crippen MR) is 59.8 cm³/mol. The quantitative estimate of drug-likeness (QED) is 0.623. The van der Waals surface area contributed by atoms with Gasteiger partial charge in [0.1, 0.15) is 6.61 Å². The van der Waals surface area contributed by atoms with E-state index in [2.05, 4.69) is 27.4 Å². The monoisotopic (exact) mass is 229 g/mol. The molecule has 0 bridgehead atoms. The van der Waals surface area contributed by atoms with E-state index in [1.807, 2.05) is 7.05 Å². The summed E-state index contributed by atoms with van der Waals surface area (Å²) in [4.78, 5) is 0. The molecule has 0 amide bonds. The van der Waals surface area contributed by atoms with Crippen LogP contribution in [0.4, 0.5) is 5.13 Å². The number of methoxy groups -OCH3 is 1. The largest absolute Gasteiger partial charge is 0.372 e. The third kappa shape index (κ3) is 3.96. The van der Waals surface area contributed by atoms with Crippen LogP contribution in [-0.2, 0) is 4.74 Å². The van der Waals surface area contributed by atoms with E-state index in [1.54, 1.807) is 18.9 Å². The molecule has 0 aromatic carbocycles. The van der Waals surface area contributed by atoms with Crippen molar-refractivity contribution in [2.75, 3.05) is 31.8 Å². The molecule has 0 aliphatic rings. The molecule has 0 fully saturated rings. The maximum atomic E-state index is 4.80. The highest BCUT2D eigenvalue weighted by atomic mass is 32.2. The fourth-order valence-corrected chi connectivity index (χ4v) is 2.12. The second-order valence-electron chi connectivity index (χ2n) is 2.20. The van der Waals surface area contributed by atoms with Crippen LogP contribution in [0.3, 0.4) is 0 Å². The molecule has 0 unspecified atom stereocenters. The lowest BCUT2D eigenvalue weighted by Crippen LogP contribution is -1.84. The molecule has 0 atom stereocenters. The Morgan fingerprint density at radius 3 is 3.00 bits per heavy atom. The Hall–Kier alpha value is -0.770. The molecule has 0 aliphatic heterocycles. The highest BCUT2D eigenvalue weighted by Crippen LogP contribution is 2.24. The van der Waals surface area contributed by atoms with E-state index in [0.717, 1.165) is 15.2 Å². The highest BCUT2D eigenvalue weighted by molar-refractivity contribution is 8.01. The molecule has 1 aromatic heterocycles. The maximum absolute atomic E-state index is 4.80. The van der Waals surface area contributed by atoms with Crippen LogP contribution in [0.5, 0.6) is 0 Å². The first-order valence-electron chi connectivity index (χ1n) is 3.95. The summed E-state index contributed by atoms with van der Waals surface area (Å²) in [6.45, 7) is 0.485. The SMILES string of the molecule is CNc1nnc(SCC#CCOC)s1. The van der Waals surface area contributed by atoms with E-state index in [-0.39, 0.29) is 0 Å². The summed E-state index contributed by atoms with van der Waals surface area (Å²) in [5.74, 6) is 6.57. The summed E-state index contributed by atoms with van der Waals surface area (Å²) < 4.78 is 5.73. The minimum Gasteiger partial charge on any atom is -0.372 e. The average molecular weight is 229 g/mol. The minimum atomic E-state index is 0.485. The summed E-state index contributed by atoms with van der Waals surface area (Å²) in [7, 11) is 3.46. The Kier molecular flexibility index (Phi) is 5.37. The molecule has 1 N–H and O–H groups in total. The van der Waals surface area contributed by atoms with Gasteiger partial charge >= 0.3 is 0 Å². The zero-order chi connectivity index (χ0) is 10.2. The Balaban J connectivity index is 2.28. The van der Waals surface area contributed by atoms with Gasteiger partial charge in [0, 0.05) is 14.2 Å². The summed E-state index contributed by atoms with van der Waals surface area (Å²) in [5, 5.41) is 11.7. The molecular weight excluding hydrogens is 218 g/mol. The summed E-state index contributed by atoms with van der Waals surface area (Å²) in [5.41, 5.74) is 0. The van der Waals surface area contributed by atoms with E-state index in [0.29, 0.717) is 6.61 Å². The van der Waals surface area contributed by atoms with Crippen LogP contribution >= 0.6 is 23.1 Å². The molecule has 0 aliphatic carbocycles. The van der Waals surface area contributed by atoms with E-state index >= 15 is 0 Å². The maximum Gasteiger partial charge on any atom is 0.206 e. The summed E-state index contributed by atoms with van der Waals surface area (Å²) in [6.07, 6.45) is 0. The average Bonchev–Trinajstić information content (AvgIpc) is 2.65. The van der Waals surface area contributed by atoms with Crippen molar-refractivity contribution in [3.8, 4) is 11.8 Å². The van der Waals surface area contributed by atoms with E-state index in [1.165, 1.54) is 11.3 Å². The number of aromatic nitrogens is 2. The lowest BCUT2D eigenvalue weighted by molar-refractivity contribution is 0.240. The summed E-state index contributed by atoms with van der Waals surface area (Å²) >= 11 is 3.11. The van der Waals surface area contributed by atoms with Gasteiger partial charge in [0.15, 0.2) is 4.34 Å². The van der Waals surface area contributed by atoms with Crippen LogP contribution in [-0.4, -0.2) is 36.7 Å². The van der Waals surface area contributed by atoms with Crippen LogP contribution in [0, 0.1) is 11.8 Å². The van der Waals surface area contributed by atoms with Gasteiger partial charge in [-0.05, 0) is 0 Å². The topological polar surface area (TPSA) is 47.0 Å². The number of rotatable bonds is 4. The van der Waals surface area contributed by atoms with Gasteiger partial charge < -0.3 is 10.1 Å². The molecule has 0 radical (unpaired) electrons. The van der Waals surface area contributed by atoms with Crippen molar-refractivity contribution in [1.29, 1.82) is 0 Å². The Morgan fingerprint density at radius 1 is 1.50 bits per heavy atom. The van der Waals surface area contributed by atoms with Crippen molar-refractivity contribution in [1.82, 2.24) is 10.2 Å². The zero-order valence-corrected chi connectivity index (χ0v) is 9.67. The first kappa shape index (κ1) is 11.3. The highest BCUT2D eigenvalue weighted by Gasteiger charge is 2.00. The Labute approximate surface area is 91.5 Å². The molecule has 76 valence electrons. The van der Waals surface area contributed by atoms with E-state index in [4.69, 9.17) is 4.74 Å². The molecule has 14 heavy (non-hydrogen) atoms. The summed E-state index contributed by atoms with van der Waals surface area (Å²) in [6, 6.07) is 0. The zero-order valence-electron chi connectivity index (χ0n) is 8.03. The molecule has 4 nitrogen and oxygen atoms in total. The number of nitrogens with zero attached hydrogens (tertiary/aromatic N) is 2. The lowest BCUT2D eigenvalue weighted by atomic mass is 10.6.